The summed E-state index contributed by atoms with van der Waals surface area (Å²) >= 11 is 0. The molecule has 4 aromatic rings. The summed E-state index contributed by atoms with van der Waals surface area (Å²) in [5.74, 6) is -0.151. The molecule has 36 heavy (non-hydrogen) atoms. The van der Waals surface area contributed by atoms with Crippen LogP contribution < -0.4 is 10.1 Å². The zero-order valence-corrected chi connectivity index (χ0v) is 19.6. The van der Waals surface area contributed by atoms with Gasteiger partial charge in [-0.1, -0.05) is 24.3 Å². The standard InChI is InChI=1S/C27H23F4N3O2/c1-17-25(18(2)34(33-17)15-20-4-3-5-22(14-20)27(29,30)31)32-26(35)21-8-6-19(7-9-21)16-36-24-12-10-23(28)11-13-24/h3-14H,15-16H2,1-2H3,(H,32,35). The Labute approximate surface area is 205 Å². The topological polar surface area (TPSA) is 56.2 Å². The molecule has 9 heteroatoms. The average Bonchev–Trinajstić information content (AvgIpc) is 3.11. The third kappa shape index (κ3) is 5.91. The number of ether oxygens (including phenoxy) is 1. The minimum absolute atomic E-state index is 0.134. The molecule has 5 nitrogen and oxygen atoms in total. The van der Waals surface area contributed by atoms with E-state index in [0.29, 0.717) is 34.0 Å². The summed E-state index contributed by atoms with van der Waals surface area (Å²) in [6.45, 7) is 3.86. The highest BCUT2D eigenvalue weighted by molar-refractivity contribution is 6.04. The molecule has 0 unspecified atom stereocenters. The number of amides is 1. The van der Waals surface area contributed by atoms with Crippen LogP contribution in [0.2, 0.25) is 0 Å². The number of nitrogens with zero attached hydrogens (tertiary/aromatic N) is 2. The van der Waals surface area contributed by atoms with Crippen molar-refractivity contribution in [1.82, 2.24) is 9.78 Å². The number of aromatic nitrogens is 2. The number of nitrogens with one attached hydrogen (secondary N) is 1. The Bertz CT molecular complexity index is 1360. The van der Waals surface area contributed by atoms with Gasteiger partial charge in [0.1, 0.15) is 18.2 Å². The van der Waals surface area contributed by atoms with E-state index >= 15 is 0 Å². The van der Waals surface area contributed by atoms with Gasteiger partial charge in [-0.25, -0.2) is 4.39 Å². The maximum Gasteiger partial charge on any atom is 0.416 e. The molecule has 0 aliphatic rings. The van der Waals surface area contributed by atoms with Crippen LogP contribution in [0.3, 0.4) is 0 Å². The Kier molecular flexibility index (Phi) is 7.10. The summed E-state index contributed by atoms with van der Waals surface area (Å²) < 4.78 is 59.3. The van der Waals surface area contributed by atoms with Crippen molar-refractivity contribution in [3.8, 4) is 5.75 Å². The molecular formula is C27H23F4N3O2. The highest BCUT2D eigenvalue weighted by atomic mass is 19.4. The first kappa shape index (κ1) is 25.0. The molecule has 1 N–H and O–H groups in total. The minimum atomic E-state index is -4.42. The van der Waals surface area contributed by atoms with E-state index in [0.717, 1.165) is 17.7 Å². The van der Waals surface area contributed by atoms with Gasteiger partial charge >= 0.3 is 6.18 Å². The van der Waals surface area contributed by atoms with E-state index in [2.05, 4.69) is 10.4 Å². The minimum Gasteiger partial charge on any atom is -0.489 e. The molecule has 0 atom stereocenters. The first-order valence-corrected chi connectivity index (χ1v) is 11.1. The van der Waals surface area contributed by atoms with Crippen LogP contribution in [0.4, 0.5) is 23.2 Å². The highest BCUT2D eigenvalue weighted by Gasteiger charge is 2.30. The van der Waals surface area contributed by atoms with Gasteiger partial charge in [0, 0.05) is 5.56 Å². The number of halogens is 4. The van der Waals surface area contributed by atoms with Gasteiger partial charge in [-0.05, 0) is 73.5 Å². The van der Waals surface area contributed by atoms with Gasteiger partial charge in [0.2, 0.25) is 0 Å². The van der Waals surface area contributed by atoms with Gasteiger partial charge in [0.15, 0.2) is 0 Å². The van der Waals surface area contributed by atoms with Crippen molar-refractivity contribution in [2.45, 2.75) is 33.2 Å². The lowest BCUT2D eigenvalue weighted by molar-refractivity contribution is -0.137. The lowest BCUT2D eigenvalue weighted by atomic mass is 10.1. The summed E-state index contributed by atoms with van der Waals surface area (Å²) in [7, 11) is 0. The van der Waals surface area contributed by atoms with Gasteiger partial charge in [0.25, 0.3) is 5.91 Å². The van der Waals surface area contributed by atoms with E-state index in [1.54, 1.807) is 48.9 Å². The second-order valence-electron chi connectivity index (χ2n) is 8.30. The maximum absolute atomic E-state index is 13.0. The van der Waals surface area contributed by atoms with Gasteiger partial charge < -0.3 is 10.1 Å². The van der Waals surface area contributed by atoms with Crippen LogP contribution in [0, 0.1) is 19.7 Å². The Morgan fingerprint density at radius 3 is 2.33 bits per heavy atom. The van der Waals surface area contributed by atoms with E-state index in [1.807, 2.05) is 0 Å². The summed E-state index contributed by atoms with van der Waals surface area (Å²) in [6.07, 6.45) is -4.42. The quantitative estimate of drug-likeness (QED) is 0.295. The fraction of sp³-hybridized carbons (Fsp3) is 0.185. The van der Waals surface area contributed by atoms with Crippen LogP contribution in [0.5, 0.6) is 5.75 Å². The predicted octanol–water partition coefficient (Wildman–Crippen LogP) is 6.54. The molecule has 0 saturated heterocycles. The van der Waals surface area contributed by atoms with Crippen LogP contribution in [0.1, 0.15) is 38.4 Å². The largest absolute Gasteiger partial charge is 0.489 e. The fourth-order valence-corrected chi connectivity index (χ4v) is 3.69. The lowest BCUT2D eigenvalue weighted by Crippen LogP contribution is -2.13. The molecule has 0 aliphatic heterocycles. The molecular weight excluding hydrogens is 474 g/mol. The third-order valence-corrected chi connectivity index (χ3v) is 5.64. The maximum atomic E-state index is 13.0. The van der Waals surface area contributed by atoms with Crippen LogP contribution in [0.15, 0.2) is 72.8 Å². The van der Waals surface area contributed by atoms with Crippen LogP contribution >= 0.6 is 0 Å². The Hall–Kier alpha value is -4.14. The number of carbonyl (C=O) groups is 1. The fourth-order valence-electron chi connectivity index (χ4n) is 3.69. The Morgan fingerprint density at radius 2 is 1.67 bits per heavy atom. The zero-order chi connectivity index (χ0) is 25.9. The van der Waals surface area contributed by atoms with Gasteiger partial charge in [-0.15, -0.1) is 0 Å². The van der Waals surface area contributed by atoms with Gasteiger partial charge in [0.05, 0.1) is 29.2 Å². The highest BCUT2D eigenvalue weighted by Crippen LogP contribution is 2.30. The van der Waals surface area contributed by atoms with E-state index in [1.165, 1.54) is 30.3 Å². The van der Waals surface area contributed by atoms with E-state index < -0.39 is 11.7 Å². The molecule has 186 valence electrons. The Balaban J connectivity index is 1.41. The molecule has 4 rings (SSSR count). The van der Waals surface area contributed by atoms with Crippen molar-refractivity contribution in [3.63, 3.8) is 0 Å². The number of benzene rings is 3. The monoisotopic (exact) mass is 497 g/mol. The third-order valence-electron chi connectivity index (χ3n) is 5.64. The summed E-state index contributed by atoms with van der Waals surface area (Å²) in [4.78, 5) is 12.8. The second-order valence-corrected chi connectivity index (χ2v) is 8.30. The number of hydrogen-bond donors (Lipinski definition) is 1. The van der Waals surface area contributed by atoms with Gasteiger partial charge in [-0.3, -0.25) is 9.48 Å². The van der Waals surface area contributed by atoms with Crippen LogP contribution in [-0.2, 0) is 19.3 Å². The smallest absolute Gasteiger partial charge is 0.416 e. The summed E-state index contributed by atoms with van der Waals surface area (Å²) in [6, 6.07) is 17.6. The lowest BCUT2D eigenvalue weighted by Gasteiger charge is -2.10. The molecule has 3 aromatic carbocycles. The van der Waals surface area contributed by atoms with Crippen molar-refractivity contribution in [2.75, 3.05) is 5.32 Å². The molecule has 0 radical (unpaired) electrons. The summed E-state index contributed by atoms with van der Waals surface area (Å²) in [5, 5.41) is 7.25. The first-order valence-electron chi connectivity index (χ1n) is 11.1. The van der Waals surface area contributed by atoms with Crippen LogP contribution in [-0.4, -0.2) is 15.7 Å². The molecule has 1 amide bonds. The van der Waals surface area contributed by atoms with Crippen molar-refractivity contribution in [1.29, 1.82) is 0 Å². The zero-order valence-electron chi connectivity index (χ0n) is 19.6. The Morgan fingerprint density at radius 1 is 0.972 bits per heavy atom. The number of carbonyl (C=O) groups excluding carboxylic acids is 1. The van der Waals surface area contributed by atoms with Gasteiger partial charge in [-0.2, -0.15) is 18.3 Å². The average molecular weight is 497 g/mol. The van der Waals surface area contributed by atoms with Crippen molar-refractivity contribution < 1.29 is 27.1 Å². The van der Waals surface area contributed by atoms with E-state index in [-0.39, 0.29) is 24.9 Å². The number of alkyl halides is 3. The molecule has 1 aromatic heterocycles. The SMILES string of the molecule is Cc1nn(Cc2cccc(C(F)(F)F)c2)c(C)c1NC(=O)c1ccc(COc2ccc(F)cc2)cc1. The number of hydrogen-bond acceptors (Lipinski definition) is 3. The first-order chi connectivity index (χ1) is 17.1. The van der Waals surface area contributed by atoms with Crippen molar-refractivity contribution in [2.24, 2.45) is 0 Å². The number of rotatable bonds is 7. The van der Waals surface area contributed by atoms with E-state index in [9.17, 15) is 22.4 Å². The normalized spacial score (nSPS) is 11.4. The number of aryl methyl sites for hydroxylation is 1. The molecule has 0 bridgehead atoms. The molecule has 0 aliphatic carbocycles. The van der Waals surface area contributed by atoms with E-state index in [4.69, 9.17) is 4.74 Å². The molecule has 0 fully saturated rings. The molecule has 1 heterocycles. The van der Waals surface area contributed by atoms with Crippen molar-refractivity contribution >= 4 is 11.6 Å². The second kappa shape index (κ2) is 10.2. The molecule has 0 spiro atoms. The predicted molar refractivity (Wildman–Crippen MR) is 127 cm³/mol. The number of anilines is 1. The van der Waals surface area contributed by atoms with Crippen molar-refractivity contribution in [3.05, 3.63) is 112 Å². The summed E-state index contributed by atoms with van der Waals surface area (Å²) in [5.41, 5.74) is 2.67. The molecule has 0 saturated carbocycles. The van der Waals surface area contributed by atoms with Crippen LogP contribution in [0.25, 0.3) is 0 Å².